The van der Waals surface area contributed by atoms with Crippen LogP contribution in [0.5, 0.6) is 5.75 Å². The molecule has 1 aromatic heterocycles. The summed E-state index contributed by atoms with van der Waals surface area (Å²) in [5.41, 5.74) is 2.37. The molecule has 1 heterocycles. The molecule has 0 aliphatic carbocycles. The van der Waals surface area contributed by atoms with Gasteiger partial charge in [-0.25, -0.2) is 4.98 Å². The minimum Gasteiger partial charge on any atom is -0.494 e. The van der Waals surface area contributed by atoms with Gasteiger partial charge in [-0.3, -0.25) is 0 Å². The molecular formula is C19H19ClN2OS. The minimum atomic E-state index is 0.572. The largest absolute Gasteiger partial charge is 0.494 e. The number of hydrogen-bond acceptors (Lipinski definition) is 4. The zero-order valence-electron chi connectivity index (χ0n) is 13.2. The van der Waals surface area contributed by atoms with Crippen LogP contribution in [0.3, 0.4) is 0 Å². The Balaban J connectivity index is 1.44. The number of ether oxygens (including phenoxy) is 1. The molecule has 0 fully saturated rings. The zero-order valence-corrected chi connectivity index (χ0v) is 14.8. The molecule has 0 radical (unpaired) electrons. The van der Waals surface area contributed by atoms with Gasteiger partial charge in [0.05, 0.1) is 13.2 Å². The Labute approximate surface area is 151 Å². The predicted octanol–water partition coefficient (Wildman–Crippen LogP) is 5.42. The summed E-state index contributed by atoms with van der Waals surface area (Å²) in [5.74, 6) is 0.885. The van der Waals surface area contributed by atoms with E-state index in [1.165, 1.54) is 16.9 Å². The smallest absolute Gasteiger partial charge is 0.183 e. The summed E-state index contributed by atoms with van der Waals surface area (Å²) in [6, 6.07) is 18.5. The predicted molar refractivity (Wildman–Crippen MR) is 101 cm³/mol. The van der Waals surface area contributed by atoms with Gasteiger partial charge in [-0.2, -0.15) is 0 Å². The van der Waals surface area contributed by atoms with Crippen molar-refractivity contribution in [2.45, 2.75) is 19.4 Å². The maximum Gasteiger partial charge on any atom is 0.183 e. The number of aryl methyl sites for hydroxylation is 1. The van der Waals surface area contributed by atoms with Crippen molar-refractivity contribution in [3.63, 3.8) is 0 Å². The number of rotatable bonds is 8. The molecule has 0 aliphatic rings. The normalized spacial score (nSPS) is 10.5. The van der Waals surface area contributed by atoms with Crippen LogP contribution in [0.15, 0.2) is 60.8 Å². The van der Waals surface area contributed by atoms with E-state index in [2.05, 4.69) is 34.6 Å². The van der Waals surface area contributed by atoms with Crippen LogP contribution in [0.2, 0.25) is 4.47 Å². The van der Waals surface area contributed by atoms with Gasteiger partial charge in [0.25, 0.3) is 0 Å². The lowest BCUT2D eigenvalue weighted by Gasteiger charge is -2.09. The molecule has 0 unspecified atom stereocenters. The number of nitrogens with one attached hydrogen (secondary N) is 1. The molecule has 0 amide bonds. The highest BCUT2D eigenvalue weighted by molar-refractivity contribution is 7.15. The second-order valence-electron chi connectivity index (χ2n) is 5.40. The fourth-order valence-electron chi connectivity index (χ4n) is 2.36. The maximum atomic E-state index is 5.85. The fraction of sp³-hybridized carbons (Fsp3) is 0.211. The van der Waals surface area contributed by atoms with Crippen molar-refractivity contribution in [1.82, 2.24) is 4.98 Å². The van der Waals surface area contributed by atoms with Crippen molar-refractivity contribution in [2.75, 3.05) is 11.9 Å². The Morgan fingerprint density at radius 3 is 2.75 bits per heavy atom. The average Bonchev–Trinajstić information content (AvgIpc) is 3.04. The fourth-order valence-corrected chi connectivity index (χ4v) is 3.28. The first kappa shape index (κ1) is 16.8. The summed E-state index contributed by atoms with van der Waals surface area (Å²) in [6.07, 6.45) is 3.83. The number of aromatic nitrogens is 1. The van der Waals surface area contributed by atoms with Crippen molar-refractivity contribution >= 4 is 28.6 Å². The quantitative estimate of drug-likeness (QED) is 0.546. The molecule has 0 saturated carbocycles. The minimum absolute atomic E-state index is 0.572. The summed E-state index contributed by atoms with van der Waals surface area (Å²) in [4.78, 5) is 5.15. The van der Waals surface area contributed by atoms with Gasteiger partial charge in [-0.05, 0) is 30.5 Å². The van der Waals surface area contributed by atoms with Crippen LogP contribution in [-0.4, -0.2) is 11.6 Å². The number of benzene rings is 2. The molecule has 0 atom stereocenters. The SMILES string of the molecule is Clc1ncc(CNc2cccc(OCCCc3ccccc3)c2)s1. The summed E-state index contributed by atoms with van der Waals surface area (Å²) in [7, 11) is 0. The molecule has 0 spiro atoms. The van der Waals surface area contributed by atoms with Crippen molar-refractivity contribution in [1.29, 1.82) is 0 Å². The highest BCUT2D eigenvalue weighted by atomic mass is 35.5. The number of nitrogens with zero attached hydrogens (tertiary/aromatic N) is 1. The third kappa shape index (κ3) is 5.25. The van der Waals surface area contributed by atoms with Gasteiger partial charge in [0.2, 0.25) is 0 Å². The van der Waals surface area contributed by atoms with E-state index in [1.54, 1.807) is 6.20 Å². The molecular weight excluding hydrogens is 340 g/mol. The molecule has 124 valence electrons. The Hall–Kier alpha value is -2.04. The molecule has 2 aromatic carbocycles. The van der Waals surface area contributed by atoms with E-state index in [0.717, 1.165) is 29.2 Å². The topological polar surface area (TPSA) is 34.2 Å². The number of halogens is 1. The standard InChI is InChI=1S/C19H19ClN2OS/c20-19-22-14-18(24-19)13-21-16-9-4-10-17(12-16)23-11-5-8-15-6-2-1-3-7-15/h1-4,6-7,9-10,12,14,21H,5,8,11,13H2. The average molecular weight is 359 g/mol. The lowest BCUT2D eigenvalue weighted by molar-refractivity contribution is 0.311. The summed E-state index contributed by atoms with van der Waals surface area (Å²) in [5, 5.41) is 3.36. The van der Waals surface area contributed by atoms with E-state index >= 15 is 0 Å². The molecule has 0 bridgehead atoms. The first-order valence-electron chi connectivity index (χ1n) is 7.90. The zero-order chi connectivity index (χ0) is 16.6. The third-order valence-electron chi connectivity index (χ3n) is 3.55. The van der Waals surface area contributed by atoms with E-state index in [9.17, 15) is 0 Å². The highest BCUT2D eigenvalue weighted by Crippen LogP contribution is 2.21. The van der Waals surface area contributed by atoms with Crippen molar-refractivity contribution in [3.8, 4) is 5.75 Å². The van der Waals surface area contributed by atoms with E-state index in [4.69, 9.17) is 16.3 Å². The van der Waals surface area contributed by atoms with Gasteiger partial charge in [-0.15, -0.1) is 11.3 Å². The highest BCUT2D eigenvalue weighted by Gasteiger charge is 2.01. The monoisotopic (exact) mass is 358 g/mol. The van der Waals surface area contributed by atoms with Crippen molar-refractivity contribution < 1.29 is 4.74 Å². The number of hydrogen-bond donors (Lipinski definition) is 1. The summed E-state index contributed by atoms with van der Waals surface area (Å²) in [6.45, 7) is 1.42. The van der Waals surface area contributed by atoms with Gasteiger partial charge < -0.3 is 10.1 Å². The van der Waals surface area contributed by atoms with E-state index in [0.29, 0.717) is 17.6 Å². The molecule has 5 heteroatoms. The first-order valence-corrected chi connectivity index (χ1v) is 9.10. The second-order valence-corrected chi connectivity index (χ2v) is 7.10. The maximum absolute atomic E-state index is 5.85. The van der Waals surface area contributed by atoms with Gasteiger partial charge >= 0.3 is 0 Å². The molecule has 0 saturated heterocycles. The van der Waals surface area contributed by atoms with Crippen LogP contribution < -0.4 is 10.1 Å². The van der Waals surface area contributed by atoms with Gasteiger partial charge in [-0.1, -0.05) is 48.0 Å². The van der Waals surface area contributed by atoms with Gasteiger partial charge in [0.15, 0.2) is 4.47 Å². The van der Waals surface area contributed by atoms with Crippen LogP contribution >= 0.6 is 22.9 Å². The summed E-state index contributed by atoms with van der Waals surface area (Å²) < 4.78 is 6.43. The second kappa shape index (κ2) is 8.71. The summed E-state index contributed by atoms with van der Waals surface area (Å²) >= 11 is 7.33. The van der Waals surface area contributed by atoms with Crippen LogP contribution in [0.4, 0.5) is 5.69 Å². The lowest BCUT2D eigenvalue weighted by atomic mass is 10.1. The molecule has 1 N–H and O–H groups in total. The first-order chi connectivity index (χ1) is 11.8. The third-order valence-corrected chi connectivity index (χ3v) is 4.66. The number of anilines is 1. The van der Waals surface area contributed by atoms with E-state index in [-0.39, 0.29) is 0 Å². The number of thiazole rings is 1. The molecule has 3 rings (SSSR count). The van der Waals surface area contributed by atoms with E-state index < -0.39 is 0 Å². The van der Waals surface area contributed by atoms with Crippen LogP contribution in [0.25, 0.3) is 0 Å². The Bertz CT molecular complexity index is 761. The van der Waals surface area contributed by atoms with E-state index in [1.807, 2.05) is 30.3 Å². The van der Waals surface area contributed by atoms with Gasteiger partial charge in [0, 0.05) is 22.8 Å². The Morgan fingerprint density at radius 1 is 1.08 bits per heavy atom. The van der Waals surface area contributed by atoms with Gasteiger partial charge in [0.1, 0.15) is 5.75 Å². The molecule has 24 heavy (non-hydrogen) atoms. The van der Waals surface area contributed by atoms with Crippen molar-refractivity contribution in [3.05, 3.63) is 75.7 Å². The van der Waals surface area contributed by atoms with Crippen LogP contribution in [-0.2, 0) is 13.0 Å². The van der Waals surface area contributed by atoms with Crippen LogP contribution in [0, 0.1) is 0 Å². The van der Waals surface area contributed by atoms with Crippen LogP contribution in [0.1, 0.15) is 16.9 Å². The molecule has 3 nitrogen and oxygen atoms in total. The Kier molecular flexibility index (Phi) is 6.10. The Morgan fingerprint density at radius 2 is 1.96 bits per heavy atom. The van der Waals surface area contributed by atoms with Crippen molar-refractivity contribution in [2.24, 2.45) is 0 Å². The lowest BCUT2D eigenvalue weighted by Crippen LogP contribution is -2.01. The molecule has 3 aromatic rings. The molecule has 0 aliphatic heterocycles.